The number of benzene rings is 3. The normalized spacial score (nSPS) is 11.5. The standard InChI is InChI=1S/C19H8F10NP/c20-8-10(22)14(26)18(15(27)11(8)23)31(30-6-7-4-2-1-3-5-7)19-16(28)12(24)9(21)13(25)17(19)29/h1-5,30H,6H2. The van der Waals surface area contributed by atoms with E-state index in [-0.39, 0.29) is 0 Å². The van der Waals surface area contributed by atoms with Gasteiger partial charge in [-0.3, -0.25) is 5.09 Å². The average molecular weight is 471 g/mol. The first-order valence-corrected chi connectivity index (χ1v) is 9.52. The number of hydrogen-bond donors (Lipinski definition) is 1. The summed E-state index contributed by atoms with van der Waals surface area (Å²) in [4.78, 5) is 0. The molecule has 0 amide bonds. The van der Waals surface area contributed by atoms with E-state index in [1.54, 1.807) is 6.07 Å². The lowest BCUT2D eigenvalue weighted by atomic mass is 10.2. The van der Waals surface area contributed by atoms with Crippen molar-refractivity contribution < 1.29 is 43.9 Å². The Labute approximate surface area is 169 Å². The second-order valence-electron chi connectivity index (χ2n) is 5.99. The number of hydrogen-bond acceptors (Lipinski definition) is 1. The molecule has 0 aliphatic rings. The van der Waals surface area contributed by atoms with Crippen LogP contribution in [0.3, 0.4) is 0 Å². The van der Waals surface area contributed by atoms with Crippen LogP contribution in [-0.4, -0.2) is 0 Å². The fourth-order valence-corrected chi connectivity index (χ4v) is 4.67. The van der Waals surface area contributed by atoms with Gasteiger partial charge in [0.25, 0.3) is 0 Å². The van der Waals surface area contributed by atoms with Crippen LogP contribution >= 0.6 is 8.07 Å². The molecule has 0 atom stereocenters. The van der Waals surface area contributed by atoms with Crippen LogP contribution in [-0.2, 0) is 6.54 Å². The summed E-state index contributed by atoms with van der Waals surface area (Å²) in [5.41, 5.74) is 0.322. The van der Waals surface area contributed by atoms with Gasteiger partial charge in [0.2, 0.25) is 11.6 Å². The molecule has 0 saturated carbocycles. The van der Waals surface area contributed by atoms with Gasteiger partial charge >= 0.3 is 0 Å². The summed E-state index contributed by atoms with van der Waals surface area (Å²) in [6, 6.07) is 7.42. The Morgan fingerprint density at radius 1 is 0.484 bits per heavy atom. The van der Waals surface area contributed by atoms with Crippen LogP contribution in [0, 0.1) is 58.2 Å². The summed E-state index contributed by atoms with van der Waals surface area (Å²) >= 11 is 0. The fourth-order valence-electron chi connectivity index (χ4n) is 2.62. The van der Waals surface area contributed by atoms with Crippen molar-refractivity contribution in [2.45, 2.75) is 6.54 Å². The van der Waals surface area contributed by atoms with Gasteiger partial charge in [-0.05, 0) is 5.56 Å². The molecule has 0 radical (unpaired) electrons. The summed E-state index contributed by atoms with van der Waals surface area (Å²) in [7, 11) is -3.49. The molecular formula is C19H8F10NP. The molecule has 1 N–H and O–H groups in total. The molecule has 31 heavy (non-hydrogen) atoms. The molecule has 1 nitrogen and oxygen atoms in total. The zero-order valence-corrected chi connectivity index (χ0v) is 15.7. The third-order valence-electron chi connectivity index (χ3n) is 4.10. The van der Waals surface area contributed by atoms with Gasteiger partial charge < -0.3 is 0 Å². The molecule has 0 unspecified atom stereocenters. The van der Waals surface area contributed by atoms with E-state index in [2.05, 4.69) is 5.09 Å². The zero-order chi connectivity index (χ0) is 23.0. The van der Waals surface area contributed by atoms with Gasteiger partial charge in [0.15, 0.2) is 46.5 Å². The van der Waals surface area contributed by atoms with Crippen molar-refractivity contribution in [1.29, 1.82) is 0 Å². The minimum absolute atomic E-state index is 0.322. The summed E-state index contributed by atoms with van der Waals surface area (Å²) in [5.74, 6) is -24.7. The third kappa shape index (κ3) is 3.99. The first kappa shape index (κ1) is 23.0. The van der Waals surface area contributed by atoms with E-state index < -0.39 is 83.4 Å². The van der Waals surface area contributed by atoms with Crippen molar-refractivity contribution >= 4 is 18.7 Å². The highest BCUT2D eigenvalue weighted by Gasteiger charge is 2.37. The molecule has 3 aromatic rings. The van der Waals surface area contributed by atoms with Crippen LogP contribution in [0.25, 0.3) is 0 Å². The van der Waals surface area contributed by atoms with E-state index in [1.807, 2.05) is 0 Å². The Bertz CT molecular complexity index is 1030. The first-order valence-electron chi connectivity index (χ1n) is 8.18. The summed E-state index contributed by atoms with van der Waals surface area (Å²) in [6.45, 7) is -0.467. The van der Waals surface area contributed by atoms with E-state index in [0.29, 0.717) is 5.56 Å². The number of halogens is 10. The molecule has 0 aromatic heterocycles. The second-order valence-corrected chi connectivity index (χ2v) is 7.87. The van der Waals surface area contributed by atoms with E-state index >= 15 is 0 Å². The van der Waals surface area contributed by atoms with Gasteiger partial charge in [0, 0.05) is 14.6 Å². The predicted octanol–water partition coefficient (Wildman–Crippen LogP) is 5.22. The minimum atomic E-state index is -3.49. The summed E-state index contributed by atoms with van der Waals surface area (Å²) in [6.07, 6.45) is 0. The maximum atomic E-state index is 14.4. The molecule has 3 aromatic carbocycles. The Kier molecular flexibility index (Phi) is 6.56. The van der Waals surface area contributed by atoms with Crippen LogP contribution in [0.1, 0.15) is 5.56 Å². The van der Waals surface area contributed by atoms with Crippen LogP contribution < -0.4 is 15.7 Å². The lowest BCUT2D eigenvalue weighted by molar-refractivity contribution is 0.382. The zero-order valence-electron chi connectivity index (χ0n) is 14.8. The highest BCUT2D eigenvalue weighted by Crippen LogP contribution is 2.37. The lowest BCUT2D eigenvalue weighted by Gasteiger charge is -2.23. The average Bonchev–Trinajstić information content (AvgIpc) is 2.77. The summed E-state index contributed by atoms with van der Waals surface area (Å²) in [5, 5.41) is -1.32. The molecular weight excluding hydrogens is 463 g/mol. The Morgan fingerprint density at radius 2 is 0.806 bits per heavy atom. The van der Waals surface area contributed by atoms with E-state index in [1.165, 1.54) is 24.3 Å². The van der Waals surface area contributed by atoms with Gasteiger partial charge in [0.1, 0.15) is 0 Å². The molecule has 0 saturated heterocycles. The molecule has 0 bridgehead atoms. The third-order valence-corrected chi connectivity index (χ3v) is 6.26. The van der Waals surface area contributed by atoms with Gasteiger partial charge in [-0.2, -0.15) is 0 Å². The number of rotatable bonds is 5. The fraction of sp³-hybridized carbons (Fsp3) is 0.0526. The van der Waals surface area contributed by atoms with Gasteiger partial charge in [0.05, 0.1) is 10.6 Å². The molecule has 0 aliphatic heterocycles. The Hall–Kier alpha value is -2.65. The van der Waals surface area contributed by atoms with E-state index in [4.69, 9.17) is 0 Å². The largest absolute Gasteiger partial charge is 0.284 e. The highest BCUT2D eigenvalue weighted by molar-refractivity contribution is 7.71. The first-order chi connectivity index (χ1) is 14.6. The van der Waals surface area contributed by atoms with Crippen molar-refractivity contribution in [3.8, 4) is 0 Å². The van der Waals surface area contributed by atoms with Crippen molar-refractivity contribution in [2.24, 2.45) is 0 Å². The van der Waals surface area contributed by atoms with Crippen LogP contribution in [0.2, 0.25) is 0 Å². The maximum absolute atomic E-state index is 14.4. The minimum Gasteiger partial charge on any atom is -0.284 e. The second kappa shape index (κ2) is 8.84. The van der Waals surface area contributed by atoms with E-state index in [0.717, 1.165) is 0 Å². The Balaban J connectivity index is 2.29. The van der Waals surface area contributed by atoms with Gasteiger partial charge in [-0.1, -0.05) is 30.3 Å². The van der Waals surface area contributed by atoms with Crippen molar-refractivity contribution in [3.05, 3.63) is 94.1 Å². The molecule has 164 valence electrons. The molecule has 3 rings (SSSR count). The predicted molar refractivity (Wildman–Crippen MR) is 91.9 cm³/mol. The van der Waals surface area contributed by atoms with Gasteiger partial charge in [-0.25, -0.2) is 43.9 Å². The quantitative estimate of drug-likeness (QED) is 0.233. The smallest absolute Gasteiger partial charge is 0.200 e. The molecule has 12 heteroatoms. The van der Waals surface area contributed by atoms with Crippen molar-refractivity contribution in [1.82, 2.24) is 5.09 Å². The van der Waals surface area contributed by atoms with E-state index in [9.17, 15) is 43.9 Å². The molecule has 0 fully saturated rings. The summed E-state index contributed by atoms with van der Waals surface area (Å²) < 4.78 is 139. The monoisotopic (exact) mass is 471 g/mol. The lowest BCUT2D eigenvalue weighted by Crippen LogP contribution is -2.34. The van der Waals surface area contributed by atoms with Crippen LogP contribution in [0.15, 0.2) is 30.3 Å². The van der Waals surface area contributed by atoms with Crippen LogP contribution in [0.5, 0.6) is 0 Å². The number of nitrogens with one attached hydrogen (secondary N) is 1. The van der Waals surface area contributed by atoms with Crippen LogP contribution in [0.4, 0.5) is 43.9 Å². The topological polar surface area (TPSA) is 12.0 Å². The molecule has 0 aliphatic carbocycles. The highest BCUT2D eigenvalue weighted by atomic mass is 31.1. The maximum Gasteiger partial charge on any atom is 0.200 e. The SMILES string of the molecule is Fc1c(F)c(F)c(P(NCc2ccccc2)c2c(F)c(F)c(F)c(F)c2F)c(F)c1F. The van der Waals surface area contributed by atoms with Gasteiger partial charge in [-0.15, -0.1) is 0 Å². The molecule has 0 heterocycles. The Morgan fingerprint density at radius 3 is 1.16 bits per heavy atom. The van der Waals surface area contributed by atoms with Crippen molar-refractivity contribution in [3.63, 3.8) is 0 Å². The van der Waals surface area contributed by atoms with Crippen molar-refractivity contribution in [2.75, 3.05) is 0 Å². The molecule has 0 spiro atoms.